The quantitative estimate of drug-likeness (QED) is 0.447. The predicted molar refractivity (Wildman–Crippen MR) is 57.9 cm³/mol. The van der Waals surface area contributed by atoms with Gasteiger partial charge in [0.2, 0.25) is 0 Å². The van der Waals surface area contributed by atoms with Crippen molar-refractivity contribution in [2.45, 2.75) is 51.0 Å². The molecule has 0 spiro atoms. The summed E-state index contributed by atoms with van der Waals surface area (Å²) in [4.78, 5) is 0. The Hall–Kier alpha value is 0.440. The van der Waals surface area contributed by atoms with Crippen molar-refractivity contribution < 1.29 is 0 Å². The van der Waals surface area contributed by atoms with E-state index in [0.29, 0.717) is 0 Å². The van der Waals surface area contributed by atoms with Crippen molar-refractivity contribution in [3.05, 3.63) is 0 Å². The second-order valence-electron chi connectivity index (χ2n) is 3.69. The molecule has 12 heavy (non-hydrogen) atoms. The minimum absolute atomic E-state index is 0.826. The van der Waals surface area contributed by atoms with Crippen LogP contribution in [-0.2, 0) is 0 Å². The average Bonchev–Trinajstić information content (AvgIpc) is 2.33. The monoisotopic (exact) mass is 233 g/mol. The molecular formula is C10H20BrN. The molecule has 0 amide bonds. The van der Waals surface area contributed by atoms with Gasteiger partial charge in [-0.3, -0.25) is 0 Å². The standard InChI is InChI=1S/C10H20BrN/c11-8-5-9-12-10-6-3-1-2-4-7-10/h10,12H,1-9H2. The second kappa shape index (κ2) is 6.90. The van der Waals surface area contributed by atoms with Crippen LogP contribution >= 0.6 is 15.9 Å². The lowest BCUT2D eigenvalue weighted by Gasteiger charge is -2.15. The highest BCUT2D eigenvalue weighted by Crippen LogP contribution is 2.16. The number of alkyl halides is 1. The van der Waals surface area contributed by atoms with E-state index in [1.165, 1.54) is 51.5 Å². The number of hydrogen-bond acceptors (Lipinski definition) is 1. The van der Waals surface area contributed by atoms with Gasteiger partial charge in [0.25, 0.3) is 0 Å². The van der Waals surface area contributed by atoms with E-state index in [0.717, 1.165) is 11.4 Å². The molecule has 0 saturated heterocycles. The Morgan fingerprint density at radius 2 is 1.75 bits per heavy atom. The molecule has 0 aromatic heterocycles. The highest BCUT2D eigenvalue weighted by Gasteiger charge is 2.10. The van der Waals surface area contributed by atoms with Gasteiger partial charge in [0.1, 0.15) is 0 Å². The van der Waals surface area contributed by atoms with Crippen LogP contribution in [0, 0.1) is 0 Å². The van der Waals surface area contributed by atoms with Gasteiger partial charge >= 0.3 is 0 Å². The molecule has 0 heterocycles. The highest BCUT2D eigenvalue weighted by molar-refractivity contribution is 9.09. The Labute approximate surface area is 84.4 Å². The van der Waals surface area contributed by atoms with Gasteiger partial charge in [-0.15, -0.1) is 0 Å². The van der Waals surface area contributed by atoms with Crippen molar-refractivity contribution in [2.24, 2.45) is 0 Å². The summed E-state index contributed by atoms with van der Waals surface area (Å²) in [6, 6.07) is 0.826. The van der Waals surface area contributed by atoms with Crippen LogP contribution in [0.25, 0.3) is 0 Å². The van der Waals surface area contributed by atoms with Crippen LogP contribution in [0.5, 0.6) is 0 Å². The van der Waals surface area contributed by atoms with Crippen molar-refractivity contribution >= 4 is 15.9 Å². The van der Waals surface area contributed by atoms with Gasteiger partial charge in [-0.1, -0.05) is 41.6 Å². The Balaban J connectivity index is 2.04. The molecule has 0 bridgehead atoms. The van der Waals surface area contributed by atoms with Crippen molar-refractivity contribution in [3.63, 3.8) is 0 Å². The fourth-order valence-corrected chi connectivity index (χ4v) is 2.14. The fourth-order valence-electron chi connectivity index (χ4n) is 1.86. The molecule has 1 aliphatic carbocycles. The maximum Gasteiger partial charge on any atom is 0.00670 e. The molecule has 1 saturated carbocycles. The molecule has 0 atom stereocenters. The Morgan fingerprint density at radius 1 is 1.08 bits per heavy atom. The molecule has 0 aromatic rings. The van der Waals surface area contributed by atoms with Gasteiger partial charge in [0.15, 0.2) is 0 Å². The maximum atomic E-state index is 3.63. The Morgan fingerprint density at radius 3 is 2.33 bits per heavy atom. The van der Waals surface area contributed by atoms with Gasteiger partial charge in [-0.25, -0.2) is 0 Å². The summed E-state index contributed by atoms with van der Waals surface area (Å²) < 4.78 is 0. The predicted octanol–water partition coefficient (Wildman–Crippen LogP) is 3.08. The second-order valence-corrected chi connectivity index (χ2v) is 4.48. The summed E-state index contributed by atoms with van der Waals surface area (Å²) in [6.07, 6.45) is 9.85. The first-order valence-corrected chi connectivity index (χ1v) is 6.35. The zero-order valence-corrected chi connectivity index (χ0v) is 9.41. The lowest BCUT2D eigenvalue weighted by molar-refractivity contribution is 0.461. The van der Waals surface area contributed by atoms with Crippen molar-refractivity contribution in [1.82, 2.24) is 5.32 Å². The molecule has 1 aliphatic rings. The molecule has 1 fully saturated rings. The largest absolute Gasteiger partial charge is 0.314 e. The summed E-state index contributed by atoms with van der Waals surface area (Å²) in [7, 11) is 0. The zero-order chi connectivity index (χ0) is 8.65. The lowest BCUT2D eigenvalue weighted by Crippen LogP contribution is -2.29. The van der Waals surface area contributed by atoms with Crippen LogP contribution in [0.2, 0.25) is 0 Å². The van der Waals surface area contributed by atoms with E-state index in [4.69, 9.17) is 0 Å². The fraction of sp³-hybridized carbons (Fsp3) is 1.00. The zero-order valence-electron chi connectivity index (χ0n) is 7.82. The maximum absolute atomic E-state index is 3.63. The Bertz CT molecular complexity index is 98.0. The third-order valence-electron chi connectivity index (χ3n) is 2.60. The first kappa shape index (κ1) is 10.5. The van der Waals surface area contributed by atoms with Crippen LogP contribution < -0.4 is 5.32 Å². The minimum Gasteiger partial charge on any atom is -0.314 e. The van der Waals surface area contributed by atoms with Crippen LogP contribution in [0.3, 0.4) is 0 Å². The van der Waals surface area contributed by atoms with Crippen LogP contribution in [0.1, 0.15) is 44.9 Å². The first-order chi connectivity index (χ1) is 5.93. The van der Waals surface area contributed by atoms with Crippen LogP contribution in [0.4, 0.5) is 0 Å². The summed E-state index contributed by atoms with van der Waals surface area (Å²) in [5.74, 6) is 0. The first-order valence-electron chi connectivity index (χ1n) is 5.23. The number of hydrogen-bond donors (Lipinski definition) is 1. The summed E-state index contributed by atoms with van der Waals surface area (Å²) in [5, 5.41) is 4.76. The van der Waals surface area contributed by atoms with Gasteiger partial charge in [-0.05, 0) is 25.8 Å². The third-order valence-corrected chi connectivity index (χ3v) is 3.16. The molecule has 0 radical (unpaired) electrons. The Kier molecular flexibility index (Phi) is 6.05. The molecule has 1 nitrogen and oxygen atoms in total. The van der Waals surface area contributed by atoms with E-state index in [9.17, 15) is 0 Å². The average molecular weight is 234 g/mol. The lowest BCUT2D eigenvalue weighted by atomic mass is 10.1. The smallest absolute Gasteiger partial charge is 0.00670 e. The van der Waals surface area contributed by atoms with E-state index in [1.54, 1.807) is 0 Å². The summed E-state index contributed by atoms with van der Waals surface area (Å²) in [5.41, 5.74) is 0. The molecule has 1 N–H and O–H groups in total. The summed E-state index contributed by atoms with van der Waals surface area (Å²) >= 11 is 3.45. The third kappa shape index (κ3) is 4.46. The highest BCUT2D eigenvalue weighted by atomic mass is 79.9. The van der Waals surface area contributed by atoms with Gasteiger partial charge in [0, 0.05) is 11.4 Å². The number of rotatable bonds is 4. The minimum atomic E-state index is 0.826. The van der Waals surface area contributed by atoms with Crippen LogP contribution in [0.15, 0.2) is 0 Å². The SMILES string of the molecule is BrCCCNC1CCCCCC1. The van der Waals surface area contributed by atoms with Crippen molar-refractivity contribution in [1.29, 1.82) is 0 Å². The topological polar surface area (TPSA) is 12.0 Å². The van der Waals surface area contributed by atoms with E-state index in [-0.39, 0.29) is 0 Å². The van der Waals surface area contributed by atoms with E-state index >= 15 is 0 Å². The van der Waals surface area contributed by atoms with Gasteiger partial charge in [-0.2, -0.15) is 0 Å². The normalized spacial score (nSPS) is 20.8. The summed E-state index contributed by atoms with van der Waals surface area (Å²) in [6.45, 7) is 1.19. The molecule has 1 rings (SSSR count). The van der Waals surface area contributed by atoms with Gasteiger partial charge < -0.3 is 5.32 Å². The van der Waals surface area contributed by atoms with E-state index in [1.807, 2.05) is 0 Å². The van der Waals surface area contributed by atoms with Crippen molar-refractivity contribution in [3.8, 4) is 0 Å². The van der Waals surface area contributed by atoms with Crippen LogP contribution in [-0.4, -0.2) is 17.9 Å². The number of halogens is 1. The molecule has 0 aliphatic heterocycles. The molecule has 2 heteroatoms. The molecule has 0 unspecified atom stereocenters. The molecular weight excluding hydrogens is 214 g/mol. The molecule has 72 valence electrons. The van der Waals surface area contributed by atoms with Crippen molar-refractivity contribution in [2.75, 3.05) is 11.9 Å². The molecule has 0 aromatic carbocycles. The van der Waals surface area contributed by atoms with E-state index < -0.39 is 0 Å². The van der Waals surface area contributed by atoms with Gasteiger partial charge in [0.05, 0.1) is 0 Å². The number of nitrogens with one attached hydrogen (secondary N) is 1. The van der Waals surface area contributed by atoms with E-state index in [2.05, 4.69) is 21.2 Å².